The van der Waals surface area contributed by atoms with Crippen molar-refractivity contribution >= 4 is 64.7 Å². The molecule has 0 spiro atoms. The van der Waals surface area contributed by atoms with Crippen LogP contribution in [0.2, 0.25) is 0 Å². The molecule has 4 aromatic rings. The lowest BCUT2D eigenvalue weighted by Gasteiger charge is -2.18. The average Bonchev–Trinajstić information content (AvgIpc) is 3.19. The average molecular weight is 445 g/mol. The zero-order chi connectivity index (χ0) is 20.1. The third-order valence-corrected chi connectivity index (χ3v) is 9.70. The molecule has 0 radical (unpaired) electrons. The third-order valence-electron chi connectivity index (χ3n) is 4.65. The predicted molar refractivity (Wildman–Crippen MR) is 128 cm³/mol. The Bertz CT molecular complexity index is 1050. The van der Waals surface area contributed by atoms with Gasteiger partial charge in [0.25, 0.3) is 0 Å². The van der Waals surface area contributed by atoms with Gasteiger partial charge in [-0.3, -0.25) is 0 Å². The zero-order valence-electron chi connectivity index (χ0n) is 17.0. The monoisotopic (exact) mass is 444 g/mol. The van der Waals surface area contributed by atoms with E-state index in [1.807, 2.05) is 0 Å². The van der Waals surface area contributed by atoms with E-state index < -0.39 is 0 Å². The quantitative estimate of drug-likeness (QED) is 0.297. The highest BCUT2D eigenvalue weighted by Crippen LogP contribution is 2.44. The first-order chi connectivity index (χ1) is 13.1. The number of nitrogens with zero attached hydrogens (tertiary/aromatic N) is 2. The van der Waals surface area contributed by atoms with Crippen LogP contribution in [-0.2, 0) is 10.8 Å². The van der Waals surface area contributed by atoms with Crippen LogP contribution in [0, 0.1) is 0 Å². The Morgan fingerprint density at radius 3 is 1.39 bits per heavy atom. The third kappa shape index (κ3) is 4.25. The number of benzene rings is 2. The van der Waals surface area contributed by atoms with Gasteiger partial charge in [-0.1, -0.05) is 53.7 Å². The Kier molecular flexibility index (Phi) is 5.28. The fourth-order valence-electron chi connectivity index (χ4n) is 2.89. The van der Waals surface area contributed by atoms with Gasteiger partial charge in [0.15, 0.2) is 8.68 Å². The van der Waals surface area contributed by atoms with Gasteiger partial charge in [0.1, 0.15) is 0 Å². The molecule has 0 fully saturated rings. The van der Waals surface area contributed by atoms with Gasteiger partial charge in [-0.05, 0) is 67.8 Å². The minimum absolute atomic E-state index is 0.146. The molecule has 6 heteroatoms. The second-order valence-corrected chi connectivity index (χ2v) is 13.7. The predicted octanol–water partition coefficient (Wildman–Crippen LogP) is 8.30. The van der Waals surface area contributed by atoms with Gasteiger partial charge in [-0.15, -0.1) is 22.7 Å². The number of fused-ring (bicyclic) bond motifs is 2. The van der Waals surface area contributed by atoms with E-state index in [-0.39, 0.29) is 10.8 Å². The zero-order valence-corrected chi connectivity index (χ0v) is 20.3. The molecule has 0 saturated carbocycles. The van der Waals surface area contributed by atoms with Crippen LogP contribution in [0.3, 0.4) is 0 Å². The van der Waals surface area contributed by atoms with Gasteiger partial charge < -0.3 is 0 Å². The van der Waals surface area contributed by atoms with Crippen molar-refractivity contribution in [3.63, 3.8) is 0 Å². The summed E-state index contributed by atoms with van der Waals surface area (Å²) in [6.07, 6.45) is 0. The molecule has 0 bridgehead atoms. The van der Waals surface area contributed by atoms with Crippen LogP contribution in [-0.4, -0.2) is 9.97 Å². The number of hydrogen-bond donors (Lipinski definition) is 0. The molecule has 146 valence electrons. The maximum atomic E-state index is 4.84. The molecule has 2 aromatic heterocycles. The van der Waals surface area contributed by atoms with Gasteiger partial charge in [0.05, 0.1) is 20.4 Å². The van der Waals surface area contributed by atoms with E-state index in [0.717, 1.165) is 19.7 Å². The molecule has 0 aliphatic rings. The summed E-state index contributed by atoms with van der Waals surface area (Å²) < 4.78 is 4.66. The van der Waals surface area contributed by atoms with Crippen LogP contribution >= 0.6 is 44.3 Å². The Hall–Kier alpha value is -1.08. The van der Waals surface area contributed by atoms with E-state index in [4.69, 9.17) is 9.97 Å². The van der Waals surface area contributed by atoms with Crippen LogP contribution in [0.25, 0.3) is 20.4 Å². The molecule has 2 nitrogen and oxygen atoms in total. The van der Waals surface area contributed by atoms with Crippen molar-refractivity contribution in [3.8, 4) is 0 Å². The Morgan fingerprint density at radius 1 is 0.643 bits per heavy atom. The van der Waals surface area contributed by atoms with Gasteiger partial charge in [-0.2, -0.15) is 0 Å². The molecule has 0 saturated heterocycles. The van der Waals surface area contributed by atoms with Crippen molar-refractivity contribution in [1.82, 2.24) is 9.97 Å². The molecule has 0 unspecified atom stereocenters. The summed E-state index contributed by atoms with van der Waals surface area (Å²) in [5, 5.41) is 0. The lowest BCUT2D eigenvalue weighted by Crippen LogP contribution is -2.10. The summed E-state index contributed by atoms with van der Waals surface area (Å²) in [4.78, 5) is 9.68. The summed E-state index contributed by atoms with van der Waals surface area (Å²) in [7, 11) is 3.42. The van der Waals surface area contributed by atoms with Crippen molar-refractivity contribution in [1.29, 1.82) is 0 Å². The fourth-order valence-corrected chi connectivity index (χ4v) is 7.34. The van der Waals surface area contributed by atoms with Crippen LogP contribution < -0.4 is 0 Å². The number of hydrogen-bond acceptors (Lipinski definition) is 6. The largest absolute Gasteiger partial charge is 0.229 e. The summed E-state index contributed by atoms with van der Waals surface area (Å²) in [6.45, 7) is 13.4. The van der Waals surface area contributed by atoms with Gasteiger partial charge in [-0.25, -0.2) is 9.97 Å². The first kappa shape index (κ1) is 20.2. The minimum atomic E-state index is 0.146. The van der Waals surface area contributed by atoms with Crippen LogP contribution in [0.5, 0.6) is 0 Å². The van der Waals surface area contributed by atoms with Crippen molar-refractivity contribution in [3.05, 3.63) is 47.5 Å². The molecule has 0 N–H and O–H groups in total. The molecule has 0 aliphatic carbocycles. The Balaban J connectivity index is 1.54. The highest BCUT2D eigenvalue weighted by atomic mass is 33.1. The van der Waals surface area contributed by atoms with Gasteiger partial charge in [0, 0.05) is 0 Å². The number of rotatable bonds is 3. The highest BCUT2D eigenvalue weighted by Gasteiger charge is 2.17. The van der Waals surface area contributed by atoms with Crippen LogP contribution in [0.4, 0.5) is 0 Å². The summed E-state index contributed by atoms with van der Waals surface area (Å²) in [5.41, 5.74) is 5.14. The molecule has 4 rings (SSSR count). The van der Waals surface area contributed by atoms with Crippen molar-refractivity contribution in [2.24, 2.45) is 0 Å². The first-order valence-electron chi connectivity index (χ1n) is 9.26. The maximum absolute atomic E-state index is 4.84. The van der Waals surface area contributed by atoms with Crippen LogP contribution in [0.15, 0.2) is 45.1 Å². The highest BCUT2D eigenvalue weighted by molar-refractivity contribution is 8.77. The molecule has 0 aliphatic heterocycles. The number of thiazole rings is 2. The Morgan fingerprint density at radius 2 is 1.04 bits per heavy atom. The lowest BCUT2D eigenvalue weighted by atomic mass is 9.87. The van der Waals surface area contributed by atoms with E-state index in [2.05, 4.69) is 77.9 Å². The lowest BCUT2D eigenvalue weighted by molar-refractivity contribution is 0.590. The summed E-state index contributed by atoms with van der Waals surface area (Å²) >= 11 is 3.51. The van der Waals surface area contributed by atoms with E-state index in [9.17, 15) is 0 Å². The smallest absolute Gasteiger partial charge is 0.162 e. The second-order valence-electron chi connectivity index (χ2n) is 8.99. The van der Waals surface area contributed by atoms with Crippen molar-refractivity contribution < 1.29 is 0 Å². The standard InChI is InChI=1S/C22H24N2S4/c1-21(2,3)13-7-9-17-15(11-13)23-19(25-17)27-28-20-24-16-12-14(22(4,5)6)8-10-18(16)26-20/h7-12H,1-6H3. The summed E-state index contributed by atoms with van der Waals surface area (Å²) in [6, 6.07) is 13.3. The molecule has 2 heterocycles. The fraction of sp³-hybridized carbons (Fsp3) is 0.364. The van der Waals surface area contributed by atoms with Crippen molar-refractivity contribution in [2.45, 2.75) is 61.1 Å². The van der Waals surface area contributed by atoms with Gasteiger partial charge >= 0.3 is 0 Å². The Labute approximate surface area is 182 Å². The molecular weight excluding hydrogens is 421 g/mol. The molecule has 0 atom stereocenters. The first-order valence-corrected chi connectivity index (χ1v) is 13.0. The normalized spacial score (nSPS) is 12.9. The van der Waals surface area contributed by atoms with E-state index >= 15 is 0 Å². The number of aromatic nitrogens is 2. The minimum Gasteiger partial charge on any atom is -0.229 e. The summed E-state index contributed by atoms with van der Waals surface area (Å²) in [5.74, 6) is 0. The molecule has 28 heavy (non-hydrogen) atoms. The molecule has 2 aromatic carbocycles. The van der Waals surface area contributed by atoms with Crippen LogP contribution in [0.1, 0.15) is 52.7 Å². The maximum Gasteiger partial charge on any atom is 0.162 e. The molecule has 0 amide bonds. The van der Waals surface area contributed by atoms with E-state index in [1.165, 1.54) is 20.5 Å². The van der Waals surface area contributed by atoms with Gasteiger partial charge in [0.2, 0.25) is 0 Å². The van der Waals surface area contributed by atoms with E-state index in [1.54, 1.807) is 44.3 Å². The van der Waals surface area contributed by atoms with E-state index in [0.29, 0.717) is 0 Å². The van der Waals surface area contributed by atoms with Crippen molar-refractivity contribution in [2.75, 3.05) is 0 Å². The SMILES string of the molecule is CC(C)(C)c1ccc2sc(SSc3nc4cc(C(C)(C)C)ccc4s3)nc2c1. The molecular formula is C22H24N2S4. The second kappa shape index (κ2) is 7.31. The topological polar surface area (TPSA) is 25.8 Å².